The third-order valence-electron chi connectivity index (χ3n) is 3.43. The van der Waals surface area contributed by atoms with Crippen LogP contribution < -0.4 is 5.73 Å². The van der Waals surface area contributed by atoms with E-state index in [-0.39, 0.29) is 6.04 Å². The van der Waals surface area contributed by atoms with Crippen molar-refractivity contribution in [2.24, 2.45) is 5.73 Å². The number of aromatic nitrogens is 2. The van der Waals surface area contributed by atoms with Crippen LogP contribution in [0.25, 0.3) is 11.0 Å². The standard InChI is InChI=1S/C15H24N4/c1-5-12-6-7-14-13(10-12)17-15(11(2)16)19(14)9-8-18(3)4/h6-7,10-11H,5,8-9,16H2,1-4H3. The molecule has 1 unspecified atom stereocenters. The Morgan fingerprint density at radius 1 is 1.37 bits per heavy atom. The summed E-state index contributed by atoms with van der Waals surface area (Å²) in [6.45, 7) is 6.07. The smallest absolute Gasteiger partial charge is 0.126 e. The van der Waals surface area contributed by atoms with Gasteiger partial charge in [-0.2, -0.15) is 0 Å². The van der Waals surface area contributed by atoms with Gasteiger partial charge in [-0.15, -0.1) is 0 Å². The lowest BCUT2D eigenvalue weighted by Crippen LogP contribution is -2.21. The molecule has 1 aromatic carbocycles. The Balaban J connectivity index is 2.47. The molecule has 0 saturated carbocycles. The second kappa shape index (κ2) is 5.72. The van der Waals surface area contributed by atoms with E-state index >= 15 is 0 Å². The van der Waals surface area contributed by atoms with Gasteiger partial charge in [0, 0.05) is 13.1 Å². The van der Waals surface area contributed by atoms with E-state index in [1.807, 2.05) is 6.92 Å². The second-order valence-electron chi connectivity index (χ2n) is 5.39. The molecule has 0 fully saturated rings. The monoisotopic (exact) mass is 260 g/mol. The van der Waals surface area contributed by atoms with Crippen molar-refractivity contribution in [1.29, 1.82) is 0 Å². The van der Waals surface area contributed by atoms with E-state index in [4.69, 9.17) is 10.7 Å². The number of benzene rings is 1. The first-order chi connectivity index (χ1) is 9.02. The first-order valence-corrected chi connectivity index (χ1v) is 6.92. The van der Waals surface area contributed by atoms with E-state index in [9.17, 15) is 0 Å². The predicted molar refractivity (Wildman–Crippen MR) is 80.3 cm³/mol. The highest BCUT2D eigenvalue weighted by Gasteiger charge is 2.14. The maximum atomic E-state index is 6.06. The van der Waals surface area contributed by atoms with Gasteiger partial charge < -0.3 is 15.2 Å². The summed E-state index contributed by atoms with van der Waals surface area (Å²) in [5.41, 5.74) is 9.63. The summed E-state index contributed by atoms with van der Waals surface area (Å²) in [6, 6.07) is 6.48. The maximum absolute atomic E-state index is 6.06. The van der Waals surface area contributed by atoms with Crippen LogP contribution in [0.2, 0.25) is 0 Å². The Morgan fingerprint density at radius 2 is 2.11 bits per heavy atom. The van der Waals surface area contributed by atoms with Gasteiger partial charge in [-0.25, -0.2) is 4.98 Å². The number of nitrogens with two attached hydrogens (primary N) is 1. The Hall–Kier alpha value is -1.39. The average Bonchev–Trinajstić information content (AvgIpc) is 2.73. The second-order valence-corrected chi connectivity index (χ2v) is 5.39. The zero-order valence-electron chi connectivity index (χ0n) is 12.3. The number of hydrogen-bond acceptors (Lipinski definition) is 3. The molecule has 0 bridgehead atoms. The summed E-state index contributed by atoms with van der Waals surface area (Å²) >= 11 is 0. The van der Waals surface area contributed by atoms with Gasteiger partial charge >= 0.3 is 0 Å². The van der Waals surface area contributed by atoms with Crippen LogP contribution in [0.5, 0.6) is 0 Å². The summed E-state index contributed by atoms with van der Waals surface area (Å²) in [4.78, 5) is 6.90. The minimum atomic E-state index is -0.0420. The van der Waals surface area contributed by atoms with Crippen molar-refractivity contribution in [2.45, 2.75) is 32.9 Å². The fraction of sp³-hybridized carbons (Fsp3) is 0.533. The maximum Gasteiger partial charge on any atom is 0.126 e. The molecule has 0 radical (unpaired) electrons. The molecule has 2 rings (SSSR count). The van der Waals surface area contributed by atoms with Crippen LogP contribution in [0, 0.1) is 0 Å². The van der Waals surface area contributed by atoms with Crippen LogP contribution in [0.1, 0.15) is 31.3 Å². The SMILES string of the molecule is CCc1ccc2c(c1)nc(C(C)N)n2CCN(C)C. The molecule has 2 aromatic rings. The number of fused-ring (bicyclic) bond motifs is 1. The molecule has 0 aliphatic heterocycles. The molecule has 0 amide bonds. The molecule has 0 spiro atoms. The molecule has 1 aromatic heterocycles. The van der Waals surface area contributed by atoms with E-state index in [0.29, 0.717) is 0 Å². The van der Waals surface area contributed by atoms with Gasteiger partial charge in [-0.05, 0) is 45.1 Å². The molecule has 0 saturated heterocycles. The van der Waals surface area contributed by atoms with Gasteiger partial charge in [0.25, 0.3) is 0 Å². The van der Waals surface area contributed by atoms with Crippen molar-refractivity contribution >= 4 is 11.0 Å². The Bertz CT molecular complexity index is 555. The normalized spacial score (nSPS) is 13.4. The molecule has 0 aliphatic rings. The van der Waals surface area contributed by atoms with Gasteiger partial charge in [0.05, 0.1) is 17.1 Å². The number of hydrogen-bond donors (Lipinski definition) is 1. The van der Waals surface area contributed by atoms with Crippen LogP contribution in [0.4, 0.5) is 0 Å². The first kappa shape index (κ1) is 14.0. The molecule has 2 N–H and O–H groups in total. The van der Waals surface area contributed by atoms with Crippen molar-refractivity contribution in [3.05, 3.63) is 29.6 Å². The zero-order valence-corrected chi connectivity index (χ0v) is 12.3. The topological polar surface area (TPSA) is 47.1 Å². The van der Waals surface area contributed by atoms with E-state index in [0.717, 1.165) is 30.9 Å². The lowest BCUT2D eigenvalue weighted by molar-refractivity contribution is 0.381. The highest BCUT2D eigenvalue weighted by atomic mass is 15.1. The van der Waals surface area contributed by atoms with Gasteiger partial charge in [-0.1, -0.05) is 13.0 Å². The fourth-order valence-electron chi connectivity index (χ4n) is 2.30. The Labute approximate surface area is 115 Å². The largest absolute Gasteiger partial charge is 0.325 e. The Kier molecular flexibility index (Phi) is 4.22. The summed E-state index contributed by atoms with van der Waals surface area (Å²) in [6.07, 6.45) is 1.04. The van der Waals surface area contributed by atoms with Crippen LogP contribution in [0.3, 0.4) is 0 Å². The van der Waals surface area contributed by atoms with E-state index in [2.05, 4.69) is 48.7 Å². The van der Waals surface area contributed by atoms with Gasteiger partial charge in [0.1, 0.15) is 5.82 Å². The fourth-order valence-corrected chi connectivity index (χ4v) is 2.30. The van der Waals surface area contributed by atoms with Crippen molar-refractivity contribution < 1.29 is 0 Å². The Morgan fingerprint density at radius 3 is 2.68 bits per heavy atom. The highest BCUT2D eigenvalue weighted by molar-refractivity contribution is 5.77. The molecule has 104 valence electrons. The number of nitrogens with zero attached hydrogens (tertiary/aromatic N) is 3. The molecule has 1 atom stereocenters. The van der Waals surface area contributed by atoms with Crippen LogP contribution in [-0.4, -0.2) is 35.1 Å². The van der Waals surface area contributed by atoms with E-state index < -0.39 is 0 Å². The number of likely N-dealkylation sites (N-methyl/N-ethyl adjacent to an activating group) is 1. The third kappa shape index (κ3) is 2.96. The molecule has 4 nitrogen and oxygen atoms in total. The molecular formula is C15H24N4. The number of rotatable bonds is 5. The van der Waals surface area contributed by atoms with Gasteiger partial charge in [0.2, 0.25) is 0 Å². The summed E-state index contributed by atoms with van der Waals surface area (Å²) < 4.78 is 2.25. The molecule has 4 heteroatoms. The van der Waals surface area contributed by atoms with Gasteiger partial charge in [0.15, 0.2) is 0 Å². The average molecular weight is 260 g/mol. The predicted octanol–water partition coefficient (Wildman–Crippen LogP) is 2.18. The highest BCUT2D eigenvalue weighted by Crippen LogP contribution is 2.21. The lowest BCUT2D eigenvalue weighted by Gasteiger charge is -2.14. The van der Waals surface area contributed by atoms with E-state index in [1.54, 1.807) is 0 Å². The van der Waals surface area contributed by atoms with Gasteiger partial charge in [-0.3, -0.25) is 0 Å². The van der Waals surface area contributed by atoms with E-state index in [1.165, 1.54) is 11.1 Å². The summed E-state index contributed by atoms with van der Waals surface area (Å²) in [5.74, 6) is 0.977. The number of aryl methyl sites for hydroxylation is 1. The molecular weight excluding hydrogens is 236 g/mol. The van der Waals surface area contributed by atoms with Crippen LogP contribution in [-0.2, 0) is 13.0 Å². The molecule has 19 heavy (non-hydrogen) atoms. The molecule has 0 aliphatic carbocycles. The van der Waals surface area contributed by atoms with Crippen molar-refractivity contribution in [1.82, 2.24) is 14.5 Å². The van der Waals surface area contributed by atoms with Crippen LogP contribution in [0.15, 0.2) is 18.2 Å². The van der Waals surface area contributed by atoms with Crippen molar-refractivity contribution in [3.63, 3.8) is 0 Å². The van der Waals surface area contributed by atoms with Crippen molar-refractivity contribution in [2.75, 3.05) is 20.6 Å². The quantitative estimate of drug-likeness (QED) is 0.896. The van der Waals surface area contributed by atoms with Crippen molar-refractivity contribution in [3.8, 4) is 0 Å². The first-order valence-electron chi connectivity index (χ1n) is 6.92. The number of imidazole rings is 1. The van der Waals surface area contributed by atoms with Crippen LogP contribution >= 0.6 is 0 Å². The minimum Gasteiger partial charge on any atom is -0.325 e. The summed E-state index contributed by atoms with van der Waals surface area (Å²) in [5, 5.41) is 0. The summed E-state index contributed by atoms with van der Waals surface area (Å²) in [7, 11) is 4.17. The lowest BCUT2D eigenvalue weighted by atomic mass is 10.1. The minimum absolute atomic E-state index is 0.0420. The zero-order chi connectivity index (χ0) is 14.0. The molecule has 1 heterocycles. The third-order valence-corrected chi connectivity index (χ3v) is 3.43.